The Morgan fingerprint density at radius 3 is 1.77 bits per heavy atom. The summed E-state index contributed by atoms with van der Waals surface area (Å²) in [5.74, 6) is 0.0174. The Morgan fingerprint density at radius 1 is 0.867 bits per heavy atom. The number of carbonyl (C=O) groups excluding carboxylic acids is 1. The van der Waals surface area contributed by atoms with Gasteiger partial charge in [0.05, 0.1) is 0 Å². The zero-order valence-corrected chi connectivity index (χ0v) is 21.2. The molecule has 0 aromatic carbocycles. The summed E-state index contributed by atoms with van der Waals surface area (Å²) in [7, 11) is 0. The third kappa shape index (κ3) is 6.67. The molecule has 0 aromatic heterocycles. The van der Waals surface area contributed by atoms with E-state index in [1.54, 1.807) is 0 Å². The Labute approximate surface area is 186 Å². The van der Waals surface area contributed by atoms with Crippen molar-refractivity contribution in [2.75, 3.05) is 0 Å². The Morgan fingerprint density at radius 2 is 1.30 bits per heavy atom. The van der Waals surface area contributed by atoms with Gasteiger partial charge in [0.2, 0.25) is 0 Å². The van der Waals surface area contributed by atoms with Crippen LogP contribution in [0, 0.1) is 0 Å². The minimum Gasteiger partial charge on any atom is -0.339 e. The van der Waals surface area contributed by atoms with Crippen LogP contribution >= 0.6 is 0 Å². The lowest BCUT2D eigenvalue weighted by atomic mass is 9.72. The van der Waals surface area contributed by atoms with Gasteiger partial charge in [-0.25, -0.2) is 0 Å². The third-order valence-electron chi connectivity index (χ3n) is 6.35. The van der Waals surface area contributed by atoms with E-state index in [2.05, 4.69) is 33.0 Å². The SMILES string of the molecule is CCC.CCCCCCC1(CCCCC)NC(=O)C2(CC(C)(C)N(O)C(C)(C)C2)O1. The molecule has 2 N–H and O–H groups in total. The summed E-state index contributed by atoms with van der Waals surface area (Å²) >= 11 is 0. The highest BCUT2D eigenvalue weighted by molar-refractivity contribution is 5.88. The van der Waals surface area contributed by atoms with E-state index in [-0.39, 0.29) is 5.91 Å². The van der Waals surface area contributed by atoms with Gasteiger partial charge in [0, 0.05) is 23.9 Å². The summed E-state index contributed by atoms with van der Waals surface area (Å²) in [6, 6.07) is 0. The summed E-state index contributed by atoms with van der Waals surface area (Å²) in [6.07, 6.45) is 12.1. The molecule has 1 spiro atoms. The average Bonchev–Trinajstić information content (AvgIpc) is 2.88. The number of nitrogens with one attached hydrogen (secondary N) is 1. The number of nitrogens with zero attached hydrogens (tertiary/aromatic N) is 1. The number of hydroxylamine groups is 2. The van der Waals surface area contributed by atoms with Gasteiger partial charge in [-0.3, -0.25) is 4.79 Å². The van der Waals surface area contributed by atoms with Crippen LogP contribution in [-0.4, -0.2) is 38.6 Å². The number of amides is 1. The lowest BCUT2D eigenvalue weighted by molar-refractivity contribution is -0.282. The van der Waals surface area contributed by atoms with Crippen LogP contribution in [0.3, 0.4) is 0 Å². The highest BCUT2D eigenvalue weighted by Gasteiger charge is 2.63. The van der Waals surface area contributed by atoms with Gasteiger partial charge in [-0.1, -0.05) is 66.2 Å². The predicted octanol–water partition coefficient (Wildman–Crippen LogP) is 6.58. The first-order valence-corrected chi connectivity index (χ1v) is 12.5. The van der Waals surface area contributed by atoms with E-state index in [1.165, 1.54) is 30.7 Å². The molecular weight excluding hydrogens is 376 g/mol. The summed E-state index contributed by atoms with van der Waals surface area (Å²) in [6.45, 7) is 16.6. The Kier molecular flexibility index (Phi) is 10.3. The number of rotatable bonds is 9. The maximum absolute atomic E-state index is 13.2. The Balaban J connectivity index is 0.00000141. The Hall–Kier alpha value is -0.650. The third-order valence-corrected chi connectivity index (χ3v) is 6.35. The summed E-state index contributed by atoms with van der Waals surface area (Å²) in [4.78, 5) is 13.2. The van der Waals surface area contributed by atoms with Crippen LogP contribution in [0.1, 0.15) is 132 Å². The first kappa shape index (κ1) is 27.4. The first-order chi connectivity index (χ1) is 13.9. The summed E-state index contributed by atoms with van der Waals surface area (Å²) in [5.41, 5.74) is -2.41. The molecule has 1 atom stereocenters. The number of hydrogen-bond acceptors (Lipinski definition) is 4. The molecule has 0 aromatic rings. The number of unbranched alkanes of at least 4 members (excludes halogenated alkanes) is 5. The van der Waals surface area contributed by atoms with Crippen molar-refractivity contribution in [2.24, 2.45) is 0 Å². The van der Waals surface area contributed by atoms with Crippen molar-refractivity contribution in [1.82, 2.24) is 10.4 Å². The smallest absolute Gasteiger partial charge is 0.254 e. The molecule has 5 nitrogen and oxygen atoms in total. The number of ether oxygens (including phenoxy) is 1. The number of carbonyl (C=O) groups is 1. The molecule has 1 unspecified atom stereocenters. The minimum atomic E-state index is -0.844. The number of piperidine rings is 1. The van der Waals surface area contributed by atoms with E-state index in [9.17, 15) is 10.0 Å². The summed E-state index contributed by atoms with van der Waals surface area (Å²) in [5, 5.41) is 15.4. The first-order valence-electron chi connectivity index (χ1n) is 12.5. The van der Waals surface area contributed by atoms with Gasteiger partial charge in [0.25, 0.3) is 5.91 Å². The van der Waals surface area contributed by atoms with Crippen LogP contribution < -0.4 is 5.32 Å². The van der Waals surface area contributed by atoms with Crippen LogP contribution in [0.25, 0.3) is 0 Å². The second-order valence-corrected chi connectivity index (χ2v) is 10.8. The maximum atomic E-state index is 13.2. The standard InChI is InChI=1S/C22H42N2O3.C3H8/c1-7-9-11-13-15-22(14-12-10-8-2)23-18(25)21(27-22)16-19(3,4)24(26)20(5,6)17-21;1-3-2/h26H,7-17H2,1-6H3,(H,23,25);3H2,1-2H3. The van der Waals surface area contributed by atoms with Gasteiger partial charge in [-0.05, 0) is 53.4 Å². The van der Waals surface area contributed by atoms with Crippen molar-refractivity contribution in [2.45, 2.75) is 155 Å². The van der Waals surface area contributed by atoms with Gasteiger partial charge in [0.15, 0.2) is 5.60 Å². The molecule has 5 heteroatoms. The molecule has 2 rings (SSSR count). The lowest BCUT2D eigenvalue weighted by Gasteiger charge is -2.54. The van der Waals surface area contributed by atoms with E-state index in [1.807, 2.05) is 27.7 Å². The van der Waals surface area contributed by atoms with Gasteiger partial charge >= 0.3 is 0 Å². The van der Waals surface area contributed by atoms with Crippen molar-refractivity contribution >= 4 is 5.91 Å². The van der Waals surface area contributed by atoms with Crippen molar-refractivity contribution in [1.29, 1.82) is 0 Å². The van der Waals surface area contributed by atoms with E-state index in [0.717, 1.165) is 38.5 Å². The molecule has 2 aliphatic heterocycles. The summed E-state index contributed by atoms with van der Waals surface area (Å²) < 4.78 is 6.74. The topological polar surface area (TPSA) is 61.8 Å². The van der Waals surface area contributed by atoms with Gasteiger partial charge < -0.3 is 15.3 Å². The highest BCUT2D eigenvalue weighted by atomic mass is 16.6. The highest BCUT2D eigenvalue weighted by Crippen LogP contribution is 2.49. The molecule has 2 saturated heterocycles. The molecule has 2 heterocycles. The van der Waals surface area contributed by atoms with Gasteiger partial charge in [-0.2, -0.15) is 5.06 Å². The molecule has 2 fully saturated rings. The fourth-order valence-corrected chi connectivity index (χ4v) is 5.28. The molecule has 0 radical (unpaired) electrons. The van der Waals surface area contributed by atoms with Crippen molar-refractivity contribution < 1.29 is 14.7 Å². The molecule has 30 heavy (non-hydrogen) atoms. The molecule has 2 aliphatic rings. The molecule has 0 bridgehead atoms. The molecule has 0 aliphatic carbocycles. The van der Waals surface area contributed by atoms with Crippen molar-refractivity contribution in [3.05, 3.63) is 0 Å². The zero-order chi connectivity index (χ0) is 23.1. The van der Waals surface area contributed by atoms with Crippen LogP contribution in [0.5, 0.6) is 0 Å². The average molecular weight is 427 g/mol. The quantitative estimate of drug-likeness (QED) is 0.409. The Bertz CT molecular complexity index is 514. The van der Waals surface area contributed by atoms with E-state index < -0.39 is 22.4 Å². The van der Waals surface area contributed by atoms with Crippen LogP contribution in [0.2, 0.25) is 0 Å². The number of hydrogen-bond donors (Lipinski definition) is 2. The van der Waals surface area contributed by atoms with Gasteiger partial charge in [-0.15, -0.1) is 0 Å². The van der Waals surface area contributed by atoms with E-state index >= 15 is 0 Å². The van der Waals surface area contributed by atoms with Gasteiger partial charge in [0.1, 0.15) is 5.72 Å². The monoisotopic (exact) mass is 426 g/mol. The van der Waals surface area contributed by atoms with Crippen LogP contribution in [0.4, 0.5) is 0 Å². The normalized spacial score (nSPS) is 26.9. The molecule has 1 amide bonds. The second kappa shape index (κ2) is 11.3. The van der Waals surface area contributed by atoms with Crippen molar-refractivity contribution in [3.63, 3.8) is 0 Å². The van der Waals surface area contributed by atoms with Crippen LogP contribution in [-0.2, 0) is 9.53 Å². The molecule has 178 valence electrons. The largest absolute Gasteiger partial charge is 0.339 e. The second-order valence-electron chi connectivity index (χ2n) is 10.8. The van der Waals surface area contributed by atoms with Crippen LogP contribution in [0.15, 0.2) is 0 Å². The van der Waals surface area contributed by atoms with Crippen molar-refractivity contribution in [3.8, 4) is 0 Å². The zero-order valence-electron chi connectivity index (χ0n) is 21.2. The minimum absolute atomic E-state index is 0.0174. The molecule has 0 saturated carbocycles. The fourth-order valence-electron chi connectivity index (χ4n) is 5.28. The maximum Gasteiger partial charge on any atom is 0.254 e. The van der Waals surface area contributed by atoms with E-state index in [0.29, 0.717) is 12.8 Å². The predicted molar refractivity (Wildman–Crippen MR) is 125 cm³/mol. The van der Waals surface area contributed by atoms with E-state index in [4.69, 9.17) is 4.74 Å². The molecular formula is C25H50N2O3. The lowest BCUT2D eigenvalue weighted by Crippen LogP contribution is -2.66. The fraction of sp³-hybridized carbons (Fsp3) is 0.960.